The number of urea groups is 1. The number of carbonyl (C=O) groups is 2. The molecule has 0 spiro atoms. The average molecular weight is 709 g/mol. The van der Waals surface area contributed by atoms with Gasteiger partial charge in [0.05, 0.1) is 22.7 Å². The second-order valence-corrected chi connectivity index (χ2v) is 11.0. The molecule has 2 heterocycles. The van der Waals surface area contributed by atoms with E-state index in [2.05, 4.69) is 55.9 Å². The zero-order valence-electron chi connectivity index (χ0n) is 34.3. The highest BCUT2D eigenvalue weighted by Gasteiger charge is 2.37. The molecule has 0 bridgehead atoms. The Hall–Kier alpha value is -2.77. The first kappa shape index (κ1) is 60.5. The second-order valence-electron chi connectivity index (χ2n) is 9.97. The maximum atomic E-state index is 10.9. The molecule has 0 saturated carbocycles. The molecule has 3 atom stereocenters. The zero-order valence-corrected chi connectivity index (χ0v) is 35.1. The summed E-state index contributed by atoms with van der Waals surface area (Å²) in [4.78, 5) is 32.9. The highest BCUT2D eigenvalue weighted by Crippen LogP contribution is 2.25. The Morgan fingerprint density at radius 3 is 1.69 bits per heavy atom. The van der Waals surface area contributed by atoms with Crippen LogP contribution in [0.25, 0.3) is 0 Å². The third-order valence-electron chi connectivity index (χ3n) is 4.42. The van der Waals surface area contributed by atoms with Crippen LogP contribution >= 0.6 is 11.8 Å². The van der Waals surface area contributed by atoms with Crippen LogP contribution in [0.3, 0.4) is 0 Å². The van der Waals surface area contributed by atoms with Crippen LogP contribution in [0.2, 0.25) is 0 Å². The number of nitrogens with one attached hydrogen (secondary N) is 4. The monoisotopic (exact) mass is 709 g/mol. The summed E-state index contributed by atoms with van der Waals surface area (Å²) < 4.78 is 0. The first-order chi connectivity index (χ1) is 22.7. The fourth-order valence-corrected chi connectivity index (χ4v) is 4.05. The summed E-state index contributed by atoms with van der Waals surface area (Å²) in [6.45, 7) is 24.5. The molecule has 0 radical (unpaired) electrons. The number of hydrogen-bond acceptors (Lipinski definition) is 9. The first-order valence-electron chi connectivity index (χ1n) is 17.5. The Morgan fingerprint density at radius 2 is 1.38 bits per heavy atom. The molecule has 3 amide bonds. The molecule has 13 heteroatoms. The lowest BCUT2D eigenvalue weighted by Gasteiger charge is -2.29. The van der Waals surface area contributed by atoms with Gasteiger partial charge in [0, 0.05) is 37.4 Å². The third kappa shape index (κ3) is 45.4. The lowest BCUT2D eigenvalue weighted by atomic mass is 9.99. The fourth-order valence-electron chi connectivity index (χ4n) is 2.79. The Morgan fingerprint density at radius 1 is 0.958 bits per heavy atom. The maximum absolute atomic E-state index is 10.9. The van der Waals surface area contributed by atoms with Crippen molar-refractivity contribution in [1.29, 1.82) is 0 Å². The summed E-state index contributed by atoms with van der Waals surface area (Å²) in [6.07, 6.45) is 8.00. The van der Waals surface area contributed by atoms with Crippen LogP contribution in [0.15, 0.2) is 35.3 Å². The van der Waals surface area contributed by atoms with Gasteiger partial charge in [0.25, 0.3) is 5.70 Å². The van der Waals surface area contributed by atoms with Crippen molar-refractivity contribution in [3.05, 3.63) is 45.4 Å². The van der Waals surface area contributed by atoms with Gasteiger partial charge in [-0.15, -0.1) is 0 Å². The molecule has 3 rings (SSSR count). The minimum absolute atomic E-state index is 0.00866. The van der Waals surface area contributed by atoms with Crippen LogP contribution in [0.4, 0.5) is 4.79 Å². The molecule has 12 nitrogen and oxygen atoms in total. The molecule has 1 aliphatic carbocycles. The lowest BCUT2D eigenvalue weighted by molar-refractivity contribution is -0.420. The molecule has 290 valence electrons. The molecule has 2 fully saturated rings. The molecule has 0 aromatic carbocycles. The molecular weight excluding hydrogens is 629 g/mol. The predicted molar refractivity (Wildman–Crippen MR) is 215 cm³/mol. The second kappa shape index (κ2) is 48.6. The van der Waals surface area contributed by atoms with E-state index in [1.807, 2.05) is 100 Å². The number of carbonyl (C=O) groups excluding carboxylic acids is 2. The van der Waals surface area contributed by atoms with E-state index >= 15 is 0 Å². The van der Waals surface area contributed by atoms with Crippen LogP contribution in [-0.4, -0.2) is 87.6 Å². The minimum atomic E-state index is -0.533. The summed E-state index contributed by atoms with van der Waals surface area (Å²) in [5, 5.41) is 21.5. The van der Waals surface area contributed by atoms with Crippen molar-refractivity contribution in [2.75, 3.05) is 53.8 Å². The predicted octanol–water partition coefficient (Wildman–Crippen LogP) is 6.72. The van der Waals surface area contributed by atoms with Crippen molar-refractivity contribution in [3.63, 3.8) is 0 Å². The highest BCUT2D eigenvalue weighted by molar-refractivity contribution is 7.99. The van der Waals surface area contributed by atoms with Gasteiger partial charge in [-0.3, -0.25) is 14.9 Å². The van der Waals surface area contributed by atoms with Gasteiger partial charge in [-0.25, -0.2) is 4.79 Å². The van der Waals surface area contributed by atoms with E-state index in [-0.39, 0.29) is 23.3 Å². The van der Waals surface area contributed by atoms with Gasteiger partial charge in [0.1, 0.15) is 0 Å². The maximum Gasteiger partial charge on any atom is 0.315 e. The average Bonchev–Trinajstić information content (AvgIpc) is 3.36. The van der Waals surface area contributed by atoms with Crippen molar-refractivity contribution in [1.82, 2.24) is 26.2 Å². The van der Waals surface area contributed by atoms with Gasteiger partial charge in [0.15, 0.2) is 0 Å². The van der Waals surface area contributed by atoms with Crippen molar-refractivity contribution >= 4 is 23.7 Å². The van der Waals surface area contributed by atoms with Gasteiger partial charge < -0.3 is 37.6 Å². The van der Waals surface area contributed by atoms with Crippen LogP contribution in [0.1, 0.15) is 109 Å². The molecule has 0 aromatic heterocycles. The number of amides is 3. The number of thioether (sulfide) groups is 1. The number of allylic oxidation sites excluding steroid dienone is 3. The number of fused-ring (bicyclic) bond motifs is 1. The summed E-state index contributed by atoms with van der Waals surface area (Å²) in [6, 6.07) is 0.759. The van der Waals surface area contributed by atoms with Crippen LogP contribution in [0.5, 0.6) is 0 Å². The van der Waals surface area contributed by atoms with Crippen molar-refractivity contribution < 1.29 is 14.5 Å². The lowest BCUT2D eigenvalue weighted by Crippen LogP contribution is -2.44. The highest BCUT2D eigenvalue weighted by atomic mass is 32.2. The van der Waals surface area contributed by atoms with Crippen molar-refractivity contribution in [2.45, 2.75) is 121 Å². The van der Waals surface area contributed by atoms with E-state index in [9.17, 15) is 19.7 Å². The van der Waals surface area contributed by atoms with Gasteiger partial charge in [0.2, 0.25) is 5.91 Å². The van der Waals surface area contributed by atoms with Crippen LogP contribution < -0.4 is 32.7 Å². The van der Waals surface area contributed by atoms with E-state index in [4.69, 9.17) is 11.5 Å². The van der Waals surface area contributed by atoms with Gasteiger partial charge in [-0.1, -0.05) is 102 Å². The fraction of sp³-hybridized carbons (Fsp3) is 0.771. The largest absolute Gasteiger partial charge is 0.399 e. The molecule has 3 aliphatic rings. The molecule has 2 saturated heterocycles. The molecule has 8 N–H and O–H groups in total. The minimum Gasteiger partial charge on any atom is -0.399 e. The zero-order chi connectivity index (χ0) is 39.7. The third-order valence-corrected chi connectivity index (χ3v) is 5.77. The van der Waals surface area contributed by atoms with E-state index in [1.54, 1.807) is 19.2 Å². The number of hydrogen-bond donors (Lipinski definition) is 6. The first-order valence-corrected chi connectivity index (χ1v) is 18.6. The number of nitrogens with two attached hydrogens (primary N) is 2. The Bertz CT molecular complexity index is 794. The number of nitro groups is 1. The number of rotatable bonds is 2. The smallest absolute Gasteiger partial charge is 0.315 e. The van der Waals surface area contributed by atoms with Gasteiger partial charge in [-0.05, 0) is 53.0 Å². The Balaban J connectivity index is -0.0000000856. The molecule has 48 heavy (non-hydrogen) atoms. The summed E-state index contributed by atoms with van der Waals surface area (Å²) >= 11 is 1.93. The van der Waals surface area contributed by atoms with Crippen molar-refractivity contribution in [2.24, 2.45) is 17.4 Å². The van der Waals surface area contributed by atoms with Gasteiger partial charge in [-0.2, -0.15) is 11.8 Å². The topological polar surface area (TPSA) is 181 Å². The molecular formula is C35H80N8O4S. The van der Waals surface area contributed by atoms with E-state index in [0.29, 0.717) is 36.5 Å². The molecule has 0 aromatic rings. The quantitative estimate of drug-likeness (QED) is 0.134. The summed E-state index contributed by atoms with van der Waals surface area (Å²) in [5.74, 6) is 2.93. The van der Waals surface area contributed by atoms with Crippen molar-refractivity contribution in [3.8, 4) is 0 Å². The van der Waals surface area contributed by atoms with E-state index in [1.165, 1.54) is 24.7 Å². The van der Waals surface area contributed by atoms with E-state index < -0.39 is 4.92 Å². The molecule has 2 aliphatic heterocycles. The Labute approximate surface area is 301 Å². The summed E-state index contributed by atoms with van der Waals surface area (Å²) in [5.41, 5.74) is 11.3. The standard InChI is InChI=1S/C7H9N3O2.C7H12N2OS.C4H9NO.C3H9N.2C3H8.C2H7N.3C2H6/c8-5-2-1-3-6(9)7(4-5)10(11)12;1-4-2-11-3-5-6(4)9-7(10)8-5;1-3-4(6)5-2;1-4(2)3;3*1-3-2;3*1-2/h1-2,4H,3,8-9H2;4-6H,2-3H2,1H3,(H2,8,9,10);3H2,1-2H3,(H,5,6);1-3H3;2*3H2,1-2H3;3H,1-2H3;3*1-2H3/t;4?,5-,6+;;;;;;;;/m.0......../s1. The normalized spacial score (nSPS) is 17.3. The Kier molecular flexibility index (Phi) is 61.3. The van der Waals surface area contributed by atoms with Crippen LogP contribution in [-0.2, 0) is 4.79 Å². The summed E-state index contributed by atoms with van der Waals surface area (Å²) in [7, 11) is 11.4. The number of nitrogens with zero attached hydrogens (tertiary/aromatic N) is 2. The molecule has 1 unspecified atom stereocenters. The van der Waals surface area contributed by atoms with E-state index in [0.717, 1.165) is 5.75 Å². The van der Waals surface area contributed by atoms with Gasteiger partial charge >= 0.3 is 6.03 Å². The van der Waals surface area contributed by atoms with Crippen LogP contribution in [0, 0.1) is 16.0 Å². The SMILES string of the molecule is CC.CC.CC.CC1CSC[C@@H]2NC(=O)N[C@H]12.CCC.CCC.CCC(=O)NC.CN(C)C.CNC.NC1=CC([N+](=O)[O-])=C(N)CC=C1.